The largest absolute Gasteiger partial charge is 0.375 e. The zero-order valence-corrected chi connectivity index (χ0v) is 7.69. The van der Waals surface area contributed by atoms with Gasteiger partial charge in [-0.25, -0.2) is 0 Å². The van der Waals surface area contributed by atoms with Crippen molar-refractivity contribution >= 4 is 0 Å². The van der Waals surface area contributed by atoms with Crippen molar-refractivity contribution in [2.75, 3.05) is 6.61 Å². The van der Waals surface area contributed by atoms with Crippen molar-refractivity contribution in [1.29, 1.82) is 0 Å². The fourth-order valence-corrected chi connectivity index (χ4v) is 1.32. The number of hydrogen-bond donors (Lipinski definition) is 0. The van der Waals surface area contributed by atoms with Crippen LogP contribution < -0.4 is 0 Å². The number of rotatable bonds is 0. The molecule has 1 rings (SSSR count). The Hall–Kier alpha value is -0.0400. The standard InChI is InChI=1S/C9H18O/c1-7-6-10-9(4,5)8(7,2)3/h7H,6H2,1-5H3. The van der Waals surface area contributed by atoms with Gasteiger partial charge in [0.25, 0.3) is 0 Å². The molecule has 1 atom stereocenters. The number of ether oxygens (including phenoxy) is 1. The van der Waals surface area contributed by atoms with Crippen LogP contribution in [0.15, 0.2) is 0 Å². The molecular formula is C9H18O. The van der Waals surface area contributed by atoms with Gasteiger partial charge in [-0.1, -0.05) is 20.8 Å². The first-order chi connectivity index (χ1) is 4.38. The van der Waals surface area contributed by atoms with Crippen LogP contribution in [0.4, 0.5) is 0 Å². The molecule has 60 valence electrons. The highest BCUT2D eigenvalue weighted by atomic mass is 16.5. The van der Waals surface area contributed by atoms with Crippen molar-refractivity contribution in [3.05, 3.63) is 0 Å². The van der Waals surface area contributed by atoms with Crippen LogP contribution in [-0.2, 0) is 4.74 Å². The second kappa shape index (κ2) is 1.97. The Bertz CT molecular complexity index is 136. The van der Waals surface area contributed by atoms with Gasteiger partial charge in [-0.2, -0.15) is 0 Å². The van der Waals surface area contributed by atoms with Crippen LogP contribution in [0.25, 0.3) is 0 Å². The Morgan fingerprint density at radius 3 is 1.80 bits per heavy atom. The van der Waals surface area contributed by atoms with E-state index in [-0.39, 0.29) is 5.60 Å². The van der Waals surface area contributed by atoms with Gasteiger partial charge in [0.05, 0.1) is 12.2 Å². The molecule has 0 amide bonds. The quantitative estimate of drug-likeness (QED) is 0.505. The van der Waals surface area contributed by atoms with Gasteiger partial charge < -0.3 is 4.74 Å². The zero-order valence-electron chi connectivity index (χ0n) is 7.69. The summed E-state index contributed by atoms with van der Waals surface area (Å²) in [4.78, 5) is 0. The molecule has 0 aromatic carbocycles. The minimum atomic E-state index is 0.0619. The normalized spacial score (nSPS) is 36.3. The fourth-order valence-electron chi connectivity index (χ4n) is 1.32. The molecule has 1 saturated heterocycles. The van der Waals surface area contributed by atoms with Crippen molar-refractivity contribution in [1.82, 2.24) is 0 Å². The van der Waals surface area contributed by atoms with E-state index >= 15 is 0 Å². The predicted molar refractivity (Wildman–Crippen MR) is 43.0 cm³/mol. The van der Waals surface area contributed by atoms with Gasteiger partial charge in [-0.05, 0) is 25.2 Å². The van der Waals surface area contributed by atoms with Crippen LogP contribution in [0, 0.1) is 11.3 Å². The summed E-state index contributed by atoms with van der Waals surface area (Å²) in [6, 6.07) is 0. The lowest BCUT2D eigenvalue weighted by atomic mass is 9.71. The highest BCUT2D eigenvalue weighted by Crippen LogP contribution is 2.46. The average molecular weight is 142 g/mol. The summed E-state index contributed by atoms with van der Waals surface area (Å²) in [5.74, 6) is 0.683. The van der Waals surface area contributed by atoms with Gasteiger partial charge >= 0.3 is 0 Å². The summed E-state index contributed by atoms with van der Waals surface area (Å²) in [5.41, 5.74) is 0.388. The Balaban J connectivity index is 2.84. The lowest BCUT2D eigenvalue weighted by Crippen LogP contribution is -2.37. The Morgan fingerprint density at radius 1 is 1.20 bits per heavy atom. The summed E-state index contributed by atoms with van der Waals surface area (Å²) in [5, 5.41) is 0. The molecule has 0 aromatic rings. The van der Waals surface area contributed by atoms with Crippen molar-refractivity contribution in [3.8, 4) is 0 Å². The van der Waals surface area contributed by atoms with Gasteiger partial charge in [0.1, 0.15) is 0 Å². The van der Waals surface area contributed by atoms with Gasteiger partial charge in [0, 0.05) is 0 Å². The third-order valence-electron chi connectivity index (χ3n) is 3.48. The molecule has 1 unspecified atom stereocenters. The van der Waals surface area contributed by atoms with Crippen molar-refractivity contribution < 1.29 is 4.74 Å². The first kappa shape index (κ1) is 8.06. The van der Waals surface area contributed by atoms with E-state index in [1.165, 1.54) is 0 Å². The molecule has 0 radical (unpaired) electrons. The van der Waals surface area contributed by atoms with E-state index in [0.717, 1.165) is 6.61 Å². The molecule has 0 spiro atoms. The Labute approximate surface area is 63.8 Å². The van der Waals surface area contributed by atoms with E-state index in [1.54, 1.807) is 0 Å². The first-order valence-electron chi connectivity index (χ1n) is 4.02. The van der Waals surface area contributed by atoms with E-state index in [0.29, 0.717) is 11.3 Å². The maximum Gasteiger partial charge on any atom is 0.0680 e. The lowest BCUT2D eigenvalue weighted by Gasteiger charge is -2.35. The predicted octanol–water partition coefficient (Wildman–Crippen LogP) is 2.46. The molecule has 1 heterocycles. The van der Waals surface area contributed by atoms with Crippen LogP contribution in [0.2, 0.25) is 0 Å². The van der Waals surface area contributed by atoms with E-state index < -0.39 is 0 Å². The van der Waals surface area contributed by atoms with Crippen LogP contribution in [0.5, 0.6) is 0 Å². The molecule has 0 bridgehead atoms. The maximum absolute atomic E-state index is 5.67. The van der Waals surface area contributed by atoms with Gasteiger partial charge in [0.2, 0.25) is 0 Å². The molecule has 10 heavy (non-hydrogen) atoms. The summed E-state index contributed by atoms with van der Waals surface area (Å²) >= 11 is 0. The van der Waals surface area contributed by atoms with E-state index in [9.17, 15) is 0 Å². The van der Waals surface area contributed by atoms with Crippen LogP contribution in [-0.4, -0.2) is 12.2 Å². The average Bonchev–Trinajstić information content (AvgIpc) is 1.94. The van der Waals surface area contributed by atoms with Crippen LogP contribution >= 0.6 is 0 Å². The molecule has 0 N–H and O–H groups in total. The summed E-state index contributed by atoms with van der Waals surface area (Å²) < 4.78 is 5.67. The molecule has 0 aliphatic carbocycles. The molecule has 1 fully saturated rings. The summed E-state index contributed by atoms with van der Waals surface area (Å²) in [6.07, 6.45) is 0. The van der Waals surface area contributed by atoms with Crippen LogP contribution in [0.3, 0.4) is 0 Å². The first-order valence-corrected chi connectivity index (χ1v) is 4.02. The van der Waals surface area contributed by atoms with Crippen LogP contribution in [0.1, 0.15) is 34.6 Å². The molecular weight excluding hydrogens is 124 g/mol. The highest BCUT2D eigenvalue weighted by Gasteiger charge is 2.47. The molecule has 0 saturated carbocycles. The third kappa shape index (κ3) is 0.878. The van der Waals surface area contributed by atoms with E-state index in [2.05, 4.69) is 34.6 Å². The van der Waals surface area contributed by atoms with Crippen molar-refractivity contribution in [2.24, 2.45) is 11.3 Å². The minimum Gasteiger partial charge on any atom is -0.375 e. The lowest BCUT2D eigenvalue weighted by molar-refractivity contribution is -0.0196. The topological polar surface area (TPSA) is 9.23 Å². The second-order valence-electron chi connectivity index (χ2n) is 4.44. The zero-order chi connectivity index (χ0) is 7.99. The summed E-state index contributed by atoms with van der Waals surface area (Å²) in [7, 11) is 0. The number of hydrogen-bond acceptors (Lipinski definition) is 1. The van der Waals surface area contributed by atoms with Gasteiger partial charge in [-0.15, -0.1) is 0 Å². The Morgan fingerprint density at radius 2 is 1.70 bits per heavy atom. The fraction of sp³-hybridized carbons (Fsp3) is 1.00. The smallest absolute Gasteiger partial charge is 0.0680 e. The van der Waals surface area contributed by atoms with Gasteiger partial charge in [-0.3, -0.25) is 0 Å². The monoisotopic (exact) mass is 142 g/mol. The molecule has 1 aliphatic rings. The molecule has 1 heteroatoms. The van der Waals surface area contributed by atoms with Gasteiger partial charge in [0.15, 0.2) is 0 Å². The molecule has 1 aliphatic heterocycles. The Kier molecular flexibility index (Phi) is 1.59. The maximum atomic E-state index is 5.67. The van der Waals surface area contributed by atoms with E-state index in [4.69, 9.17) is 4.74 Å². The minimum absolute atomic E-state index is 0.0619. The van der Waals surface area contributed by atoms with Crippen molar-refractivity contribution in [2.45, 2.75) is 40.2 Å². The molecule has 0 aromatic heterocycles. The third-order valence-corrected chi connectivity index (χ3v) is 3.48. The van der Waals surface area contributed by atoms with E-state index in [1.807, 2.05) is 0 Å². The second-order valence-corrected chi connectivity index (χ2v) is 4.44. The highest BCUT2D eigenvalue weighted by molar-refractivity contribution is 4.95. The molecule has 1 nitrogen and oxygen atoms in total. The van der Waals surface area contributed by atoms with Crippen molar-refractivity contribution in [3.63, 3.8) is 0 Å². The SMILES string of the molecule is CC1COC(C)(C)C1(C)C. The summed E-state index contributed by atoms with van der Waals surface area (Å²) in [6.45, 7) is 12.1.